The number of hydrogen-bond acceptors (Lipinski definition) is 4. The highest BCUT2D eigenvalue weighted by Gasteiger charge is 2.32. The highest BCUT2D eigenvalue weighted by Crippen LogP contribution is 2.25. The monoisotopic (exact) mass is 401 g/mol. The molecular weight excluding hydrogens is 377 g/mol. The molecule has 0 aromatic carbocycles. The van der Waals surface area contributed by atoms with Crippen LogP contribution in [0.3, 0.4) is 0 Å². The second-order valence-corrected chi connectivity index (χ2v) is 8.06. The fourth-order valence-corrected chi connectivity index (χ4v) is 4.12. The number of alkyl halides is 2. The lowest BCUT2D eigenvalue weighted by atomic mass is 9.92. The summed E-state index contributed by atoms with van der Waals surface area (Å²) in [5.74, 6) is 0.750. The average molecular weight is 402 g/mol. The van der Waals surface area contributed by atoms with E-state index in [0.717, 1.165) is 44.5 Å². The quantitative estimate of drug-likeness (QED) is 0.769. The van der Waals surface area contributed by atoms with Gasteiger partial charge in [0.15, 0.2) is 4.84 Å². The summed E-state index contributed by atoms with van der Waals surface area (Å²) in [6.07, 6.45) is 5.21. The largest absolute Gasteiger partial charge is 0.467 e. The van der Waals surface area contributed by atoms with Crippen molar-refractivity contribution in [3.8, 4) is 0 Å². The number of halogens is 2. The van der Waals surface area contributed by atoms with Crippen molar-refractivity contribution in [3.63, 3.8) is 0 Å². The van der Waals surface area contributed by atoms with Crippen LogP contribution in [-0.2, 0) is 16.1 Å². The molecule has 3 rings (SSSR count). The fraction of sp³-hybridized carbons (Fsp3) is 0.667. The van der Waals surface area contributed by atoms with Crippen LogP contribution in [0.1, 0.15) is 31.4 Å². The lowest BCUT2D eigenvalue weighted by Crippen LogP contribution is -2.50. The van der Waals surface area contributed by atoms with Gasteiger partial charge >= 0.3 is 0 Å². The van der Waals surface area contributed by atoms with Crippen LogP contribution in [0.2, 0.25) is 0 Å². The predicted octanol–water partition coefficient (Wildman–Crippen LogP) is 2.40. The summed E-state index contributed by atoms with van der Waals surface area (Å²) < 4.78 is 5.24. The molecule has 0 radical (unpaired) electrons. The first-order valence-corrected chi connectivity index (χ1v) is 10.0. The van der Waals surface area contributed by atoms with E-state index in [0.29, 0.717) is 25.7 Å². The second-order valence-electron chi connectivity index (χ2n) is 6.96. The van der Waals surface area contributed by atoms with Crippen molar-refractivity contribution in [2.24, 2.45) is 5.92 Å². The van der Waals surface area contributed by atoms with Crippen LogP contribution in [0.4, 0.5) is 0 Å². The Bertz CT molecular complexity index is 593. The zero-order valence-corrected chi connectivity index (χ0v) is 16.2. The molecule has 2 amide bonds. The maximum absolute atomic E-state index is 12.3. The number of nitrogens with one attached hydrogen (secondary N) is 1. The van der Waals surface area contributed by atoms with Crippen molar-refractivity contribution in [2.45, 2.75) is 43.1 Å². The van der Waals surface area contributed by atoms with E-state index in [-0.39, 0.29) is 17.7 Å². The fourth-order valence-electron chi connectivity index (χ4n) is 3.85. The van der Waals surface area contributed by atoms with Gasteiger partial charge in [0.1, 0.15) is 5.76 Å². The van der Waals surface area contributed by atoms with Gasteiger partial charge in [-0.05, 0) is 50.9 Å². The van der Waals surface area contributed by atoms with Gasteiger partial charge < -0.3 is 19.5 Å². The van der Waals surface area contributed by atoms with E-state index in [4.69, 9.17) is 27.6 Å². The summed E-state index contributed by atoms with van der Waals surface area (Å²) in [6.45, 7) is 3.68. The molecule has 0 bridgehead atoms. The standard InChI is InChI=1S/C18H25Cl2N3O3/c19-16(20)18(25)23-9-5-14(6-10-23)22-7-3-13(4-8-22)17(24)21-12-15-2-1-11-26-15/h1-2,11,13-14,16H,3-10,12H2,(H,21,24). The van der Waals surface area contributed by atoms with Crippen LogP contribution >= 0.6 is 23.2 Å². The zero-order chi connectivity index (χ0) is 18.5. The van der Waals surface area contributed by atoms with Crippen LogP contribution in [0.5, 0.6) is 0 Å². The van der Waals surface area contributed by atoms with Crippen molar-refractivity contribution in [1.29, 1.82) is 0 Å². The lowest BCUT2D eigenvalue weighted by Gasteiger charge is -2.41. The topological polar surface area (TPSA) is 65.8 Å². The third kappa shape index (κ3) is 4.93. The minimum Gasteiger partial charge on any atom is -0.467 e. The van der Waals surface area contributed by atoms with E-state index < -0.39 is 4.84 Å². The maximum Gasteiger partial charge on any atom is 0.255 e. The number of carbonyl (C=O) groups is 2. The Hall–Kier alpha value is -1.24. The molecule has 0 unspecified atom stereocenters. The predicted molar refractivity (Wildman–Crippen MR) is 99.9 cm³/mol. The smallest absolute Gasteiger partial charge is 0.255 e. The molecule has 0 spiro atoms. The van der Waals surface area contributed by atoms with Gasteiger partial charge in [0.25, 0.3) is 5.91 Å². The van der Waals surface area contributed by atoms with Crippen LogP contribution < -0.4 is 5.32 Å². The van der Waals surface area contributed by atoms with E-state index >= 15 is 0 Å². The molecule has 1 aromatic rings. The van der Waals surface area contributed by atoms with Gasteiger partial charge in [0.05, 0.1) is 12.8 Å². The van der Waals surface area contributed by atoms with Gasteiger partial charge in [0.2, 0.25) is 5.91 Å². The molecule has 0 aliphatic carbocycles. The summed E-state index contributed by atoms with van der Waals surface area (Å²) in [7, 11) is 0. The van der Waals surface area contributed by atoms with Gasteiger partial charge in [-0.2, -0.15) is 0 Å². The molecule has 3 heterocycles. The number of nitrogens with zero attached hydrogens (tertiary/aromatic N) is 2. The molecule has 26 heavy (non-hydrogen) atoms. The first-order valence-electron chi connectivity index (χ1n) is 9.15. The van der Waals surface area contributed by atoms with Crippen LogP contribution in [0.25, 0.3) is 0 Å². The second kappa shape index (κ2) is 9.11. The highest BCUT2D eigenvalue weighted by molar-refractivity contribution is 6.53. The Morgan fingerprint density at radius 3 is 2.42 bits per heavy atom. The molecule has 1 N–H and O–H groups in total. The minimum absolute atomic E-state index is 0.0659. The van der Waals surface area contributed by atoms with Crippen molar-refractivity contribution in [2.75, 3.05) is 26.2 Å². The molecular formula is C18H25Cl2N3O3. The number of furan rings is 1. The van der Waals surface area contributed by atoms with E-state index in [9.17, 15) is 9.59 Å². The normalized spacial score (nSPS) is 20.5. The van der Waals surface area contributed by atoms with Gasteiger partial charge in [-0.1, -0.05) is 23.2 Å². The van der Waals surface area contributed by atoms with Crippen LogP contribution in [-0.4, -0.2) is 58.7 Å². The molecule has 1 aromatic heterocycles. The minimum atomic E-state index is -0.970. The van der Waals surface area contributed by atoms with E-state index in [1.165, 1.54) is 0 Å². The van der Waals surface area contributed by atoms with Crippen molar-refractivity contribution in [1.82, 2.24) is 15.1 Å². The van der Waals surface area contributed by atoms with E-state index in [1.54, 1.807) is 11.2 Å². The molecule has 2 fully saturated rings. The van der Waals surface area contributed by atoms with Gasteiger partial charge in [-0.15, -0.1) is 0 Å². The summed E-state index contributed by atoms with van der Waals surface area (Å²) in [5, 5.41) is 2.96. The molecule has 0 saturated carbocycles. The Kier molecular flexibility index (Phi) is 6.84. The number of carbonyl (C=O) groups excluding carboxylic acids is 2. The summed E-state index contributed by atoms with van der Waals surface area (Å²) in [5.41, 5.74) is 0. The van der Waals surface area contributed by atoms with Crippen LogP contribution in [0, 0.1) is 5.92 Å². The summed E-state index contributed by atoms with van der Waals surface area (Å²) >= 11 is 11.3. The Labute approximate surface area is 163 Å². The molecule has 2 saturated heterocycles. The number of likely N-dealkylation sites (tertiary alicyclic amines) is 2. The molecule has 0 atom stereocenters. The van der Waals surface area contributed by atoms with E-state index in [1.807, 2.05) is 12.1 Å². The molecule has 144 valence electrons. The third-order valence-corrected chi connectivity index (χ3v) is 5.77. The molecule has 6 nitrogen and oxygen atoms in total. The van der Waals surface area contributed by atoms with Crippen LogP contribution in [0.15, 0.2) is 22.8 Å². The maximum atomic E-state index is 12.3. The SMILES string of the molecule is O=C(NCc1ccco1)C1CCN(C2CCN(C(=O)C(Cl)Cl)CC2)CC1. The Balaban J connectivity index is 1.38. The van der Waals surface area contributed by atoms with Crippen molar-refractivity contribution >= 4 is 35.0 Å². The summed E-state index contributed by atoms with van der Waals surface area (Å²) in [4.78, 5) is 27.4. The lowest BCUT2D eigenvalue weighted by molar-refractivity contribution is -0.131. The van der Waals surface area contributed by atoms with Gasteiger partial charge in [-0.25, -0.2) is 0 Å². The number of amides is 2. The van der Waals surface area contributed by atoms with Gasteiger partial charge in [0, 0.05) is 25.0 Å². The van der Waals surface area contributed by atoms with E-state index in [2.05, 4.69) is 10.2 Å². The Morgan fingerprint density at radius 1 is 1.15 bits per heavy atom. The number of piperidine rings is 2. The van der Waals surface area contributed by atoms with Gasteiger partial charge in [-0.3, -0.25) is 9.59 Å². The Morgan fingerprint density at radius 2 is 1.85 bits per heavy atom. The number of rotatable bonds is 5. The van der Waals surface area contributed by atoms with Crippen molar-refractivity contribution in [3.05, 3.63) is 24.2 Å². The molecule has 8 heteroatoms. The molecule has 2 aliphatic heterocycles. The zero-order valence-electron chi connectivity index (χ0n) is 14.7. The summed E-state index contributed by atoms with van der Waals surface area (Å²) in [6, 6.07) is 4.14. The average Bonchev–Trinajstić information content (AvgIpc) is 3.19. The number of hydrogen-bond donors (Lipinski definition) is 1. The van der Waals surface area contributed by atoms with Crippen molar-refractivity contribution < 1.29 is 14.0 Å². The first kappa shape index (κ1) is 19.5. The third-order valence-electron chi connectivity index (χ3n) is 5.40. The highest BCUT2D eigenvalue weighted by atomic mass is 35.5. The first-order chi connectivity index (χ1) is 12.5. The molecule has 2 aliphatic rings.